The SMILES string of the molecule is O=C(OCc1ccccc1)C1CCCC(C(=O)OCc2ccccc2)C1. The standard InChI is InChI=1S/C22H24O4/c23-21(25-15-17-8-3-1-4-9-17)19-12-7-13-20(14-19)22(24)26-16-18-10-5-2-6-11-18/h1-6,8-11,19-20H,7,12-16H2. The summed E-state index contributed by atoms with van der Waals surface area (Å²) in [6.45, 7) is 0.554. The number of hydrogen-bond donors (Lipinski definition) is 0. The molecule has 0 aromatic heterocycles. The zero-order valence-corrected chi connectivity index (χ0v) is 14.8. The molecule has 4 heteroatoms. The summed E-state index contributed by atoms with van der Waals surface area (Å²) in [6.07, 6.45) is 2.91. The van der Waals surface area contributed by atoms with Gasteiger partial charge in [0.15, 0.2) is 0 Å². The predicted molar refractivity (Wildman–Crippen MR) is 97.9 cm³/mol. The first-order chi connectivity index (χ1) is 12.7. The van der Waals surface area contributed by atoms with Gasteiger partial charge in [0.1, 0.15) is 13.2 Å². The Morgan fingerprint density at radius 3 is 1.58 bits per heavy atom. The molecule has 1 fully saturated rings. The van der Waals surface area contributed by atoms with Gasteiger partial charge in [-0.25, -0.2) is 0 Å². The Morgan fingerprint density at radius 2 is 1.15 bits per heavy atom. The van der Waals surface area contributed by atoms with E-state index < -0.39 is 0 Å². The maximum absolute atomic E-state index is 12.3. The fourth-order valence-corrected chi connectivity index (χ4v) is 3.31. The molecular weight excluding hydrogens is 328 g/mol. The van der Waals surface area contributed by atoms with Crippen molar-refractivity contribution < 1.29 is 19.1 Å². The lowest BCUT2D eigenvalue weighted by atomic mass is 9.81. The molecule has 2 atom stereocenters. The topological polar surface area (TPSA) is 52.6 Å². The monoisotopic (exact) mass is 352 g/mol. The van der Waals surface area contributed by atoms with Gasteiger partial charge in [0.2, 0.25) is 0 Å². The first-order valence-corrected chi connectivity index (χ1v) is 9.13. The highest BCUT2D eigenvalue weighted by Crippen LogP contribution is 2.31. The molecule has 136 valence electrons. The van der Waals surface area contributed by atoms with Gasteiger partial charge in [0, 0.05) is 0 Å². The minimum Gasteiger partial charge on any atom is -0.461 e. The van der Waals surface area contributed by atoms with Crippen LogP contribution >= 0.6 is 0 Å². The van der Waals surface area contributed by atoms with Crippen LogP contribution in [0.4, 0.5) is 0 Å². The fourth-order valence-electron chi connectivity index (χ4n) is 3.31. The molecule has 2 unspecified atom stereocenters. The Hall–Kier alpha value is -2.62. The zero-order chi connectivity index (χ0) is 18.2. The smallest absolute Gasteiger partial charge is 0.309 e. The van der Waals surface area contributed by atoms with E-state index in [9.17, 15) is 9.59 Å². The molecular formula is C22H24O4. The molecule has 0 amide bonds. The highest BCUT2D eigenvalue weighted by Gasteiger charge is 2.33. The minimum atomic E-state index is -0.221. The lowest BCUT2D eigenvalue weighted by Gasteiger charge is -2.26. The summed E-state index contributed by atoms with van der Waals surface area (Å²) in [7, 11) is 0. The van der Waals surface area contributed by atoms with Crippen LogP contribution in [0.1, 0.15) is 36.8 Å². The summed E-state index contributed by atoms with van der Waals surface area (Å²) in [5.41, 5.74) is 1.94. The van der Waals surface area contributed by atoms with E-state index in [1.54, 1.807) is 0 Å². The summed E-state index contributed by atoms with van der Waals surface area (Å²) >= 11 is 0. The Balaban J connectivity index is 1.47. The number of benzene rings is 2. The van der Waals surface area contributed by atoms with Crippen molar-refractivity contribution in [2.75, 3.05) is 0 Å². The van der Waals surface area contributed by atoms with Crippen molar-refractivity contribution >= 4 is 11.9 Å². The Labute approximate surface area is 154 Å². The second kappa shape index (κ2) is 9.18. The van der Waals surface area contributed by atoms with Crippen molar-refractivity contribution in [3.8, 4) is 0 Å². The molecule has 0 N–H and O–H groups in total. The average molecular weight is 352 g/mol. The van der Waals surface area contributed by atoms with E-state index in [1.807, 2.05) is 60.7 Å². The van der Waals surface area contributed by atoms with Crippen molar-refractivity contribution in [3.05, 3.63) is 71.8 Å². The van der Waals surface area contributed by atoms with Crippen molar-refractivity contribution in [1.82, 2.24) is 0 Å². The Morgan fingerprint density at radius 1 is 0.731 bits per heavy atom. The molecule has 4 nitrogen and oxygen atoms in total. The van der Waals surface area contributed by atoms with Crippen LogP contribution in [-0.4, -0.2) is 11.9 Å². The second-order valence-electron chi connectivity index (χ2n) is 6.75. The van der Waals surface area contributed by atoms with Gasteiger partial charge in [0.05, 0.1) is 11.8 Å². The van der Waals surface area contributed by atoms with E-state index in [1.165, 1.54) is 0 Å². The van der Waals surface area contributed by atoms with E-state index in [4.69, 9.17) is 9.47 Å². The van der Waals surface area contributed by atoms with Crippen LogP contribution in [-0.2, 0) is 32.3 Å². The van der Waals surface area contributed by atoms with Gasteiger partial charge in [-0.15, -0.1) is 0 Å². The lowest BCUT2D eigenvalue weighted by Crippen LogP contribution is -2.29. The van der Waals surface area contributed by atoms with E-state index in [-0.39, 0.29) is 37.0 Å². The Bertz CT molecular complexity index is 650. The highest BCUT2D eigenvalue weighted by molar-refractivity contribution is 5.76. The number of carbonyl (C=O) groups excluding carboxylic acids is 2. The maximum atomic E-state index is 12.3. The molecule has 26 heavy (non-hydrogen) atoms. The molecule has 0 aliphatic heterocycles. The van der Waals surface area contributed by atoms with Crippen LogP contribution in [0.5, 0.6) is 0 Å². The normalized spacial score (nSPS) is 19.5. The largest absolute Gasteiger partial charge is 0.461 e. The summed E-state index contributed by atoms with van der Waals surface area (Å²) in [5, 5.41) is 0. The second-order valence-corrected chi connectivity index (χ2v) is 6.75. The van der Waals surface area contributed by atoms with E-state index in [0.717, 1.165) is 30.4 Å². The average Bonchev–Trinajstić information content (AvgIpc) is 2.72. The maximum Gasteiger partial charge on any atom is 0.309 e. The van der Waals surface area contributed by atoms with Gasteiger partial charge in [0.25, 0.3) is 0 Å². The van der Waals surface area contributed by atoms with Crippen molar-refractivity contribution in [3.63, 3.8) is 0 Å². The first-order valence-electron chi connectivity index (χ1n) is 9.13. The molecule has 0 spiro atoms. The number of carbonyl (C=O) groups is 2. The van der Waals surface area contributed by atoms with Crippen LogP contribution in [0.15, 0.2) is 60.7 Å². The number of rotatable bonds is 6. The number of ether oxygens (including phenoxy) is 2. The van der Waals surface area contributed by atoms with Gasteiger partial charge >= 0.3 is 11.9 Å². The molecule has 1 saturated carbocycles. The number of hydrogen-bond acceptors (Lipinski definition) is 4. The van der Waals surface area contributed by atoms with Crippen molar-refractivity contribution in [2.45, 2.75) is 38.9 Å². The highest BCUT2D eigenvalue weighted by atomic mass is 16.5. The quantitative estimate of drug-likeness (QED) is 0.728. The third kappa shape index (κ3) is 5.19. The van der Waals surface area contributed by atoms with Crippen LogP contribution in [0.2, 0.25) is 0 Å². The molecule has 2 aromatic rings. The summed E-state index contributed by atoms with van der Waals surface area (Å²) in [6, 6.07) is 19.2. The van der Waals surface area contributed by atoms with Gasteiger partial charge < -0.3 is 9.47 Å². The van der Waals surface area contributed by atoms with E-state index in [2.05, 4.69) is 0 Å². The van der Waals surface area contributed by atoms with Gasteiger partial charge in [-0.2, -0.15) is 0 Å². The molecule has 1 aliphatic rings. The van der Waals surface area contributed by atoms with Crippen LogP contribution < -0.4 is 0 Å². The first kappa shape index (κ1) is 18.2. The minimum absolute atomic E-state index is 0.214. The van der Waals surface area contributed by atoms with Gasteiger partial charge in [-0.3, -0.25) is 9.59 Å². The summed E-state index contributed by atoms with van der Waals surface area (Å²) in [4.78, 5) is 24.7. The van der Waals surface area contributed by atoms with Crippen LogP contribution in [0, 0.1) is 11.8 Å². The third-order valence-electron chi connectivity index (χ3n) is 4.79. The number of esters is 2. The molecule has 0 radical (unpaired) electrons. The van der Waals surface area contributed by atoms with E-state index in [0.29, 0.717) is 6.42 Å². The van der Waals surface area contributed by atoms with Crippen molar-refractivity contribution in [2.24, 2.45) is 11.8 Å². The third-order valence-corrected chi connectivity index (χ3v) is 4.79. The van der Waals surface area contributed by atoms with Gasteiger partial charge in [-0.1, -0.05) is 67.1 Å². The van der Waals surface area contributed by atoms with Crippen molar-refractivity contribution in [1.29, 1.82) is 0 Å². The molecule has 2 aromatic carbocycles. The zero-order valence-electron chi connectivity index (χ0n) is 14.8. The summed E-state index contributed by atoms with van der Waals surface area (Å²) < 4.78 is 10.9. The van der Waals surface area contributed by atoms with Crippen LogP contribution in [0.25, 0.3) is 0 Å². The molecule has 0 saturated heterocycles. The lowest BCUT2D eigenvalue weighted by molar-refractivity contribution is -0.156. The molecule has 1 aliphatic carbocycles. The Kier molecular flexibility index (Phi) is 6.42. The predicted octanol–water partition coefficient (Wildman–Crippen LogP) is 4.28. The molecule has 3 rings (SSSR count). The summed E-state index contributed by atoms with van der Waals surface area (Å²) in [5.74, 6) is -0.868. The molecule has 0 bridgehead atoms. The van der Waals surface area contributed by atoms with Gasteiger partial charge in [-0.05, 0) is 30.4 Å². The molecule has 0 heterocycles. The fraction of sp³-hybridized carbons (Fsp3) is 0.364. The van der Waals surface area contributed by atoms with E-state index >= 15 is 0 Å². The van der Waals surface area contributed by atoms with Crippen LogP contribution in [0.3, 0.4) is 0 Å².